The number of anilines is 1. The number of aliphatic hydroxyl groups is 1. The largest absolute Gasteiger partial charge is 0.481 e. The van der Waals surface area contributed by atoms with Crippen molar-refractivity contribution in [3.05, 3.63) is 77.2 Å². The lowest BCUT2D eigenvalue weighted by atomic mass is 9.73. The predicted octanol–water partition coefficient (Wildman–Crippen LogP) is 2.83. The van der Waals surface area contributed by atoms with Gasteiger partial charge in [0.1, 0.15) is 11.2 Å². The van der Waals surface area contributed by atoms with Crippen molar-refractivity contribution in [1.82, 2.24) is 14.8 Å². The summed E-state index contributed by atoms with van der Waals surface area (Å²) < 4.78 is 1.94. The zero-order valence-corrected chi connectivity index (χ0v) is 17.9. The fraction of sp³-hybridized carbons (Fsp3) is 0.375. The first-order valence-electron chi connectivity index (χ1n) is 10.5. The number of aliphatic hydroxyl groups excluding tert-OH is 1. The first-order valence-corrected chi connectivity index (χ1v) is 10.5. The molecule has 2 atom stereocenters. The van der Waals surface area contributed by atoms with Crippen LogP contribution in [0.1, 0.15) is 28.9 Å². The maximum atomic E-state index is 12.3. The van der Waals surface area contributed by atoms with Crippen molar-refractivity contribution >= 4 is 11.8 Å². The number of carboxylic acids is 1. The Balaban J connectivity index is 1.54. The number of carbonyl (C=O) groups is 1. The van der Waals surface area contributed by atoms with Crippen LogP contribution in [0.4, 0.5) is 5.82 Å². The lowest BCUT2D eigenvalue weighted by Crippen LogP contribution is -2.57. The number of piperidine rings is 1. The molecule has 1 fully saturated rings. The fourth-order valence-electron chi connectivity index (χ4n) is 4.40. The minimum atomic E-state index is -1.27. The molecule has 4 rings (SSSR count). The Morgan fingerprint density at radius 1 is 1.16 bits per heavy atom. The average molecular weight is 421 g/mol. The molecule has 0 bridgehead atoms. The Morgan fingerprint density at radius 3 is 2.55 bits per heavy atom. The number of hydrogen-bond donors (Lipinski definition) is 2. The summed E-state index contributed by atoms with van der Waals surface area (Å²) in [4.78, 5) is 18.9. The van der Waals surface area contributed by atoms with Crippen molar-refractivity contribution in [1.29, 1.82) is 0 Å². The number of aryl methyl sites for hydroxylation is 2. The molecule has 0 radical (unpaired) electrons. The molecule has 0 unspecified atom stereocenters. The van der Waals surface area contributed by atoms with Crippen LogP contribution in [-0.2, 0) is 17.8 Å². The second-order valence-electron chi connectivity index (χ2n) is 8.46. The summed E-state index contributed by atoms with van der Waals surface area (Å²) in [6.45, 7) is 5.41. The molecular weight excluding hydrogens is 392 g/mol. The zero-order chi connectivity index (χ0) is 22.0. The van der Waals surface area contributed by atoms with Crippen LogP contribution in [0.5, 0.6) is 0 Å². The van der Waals surface area contributed by atoms with Crippen LogP contribution in [-0.4, -0.2) is 50.1 Å². The topological polar surface area (TPSA) is 91.5 Å². The van der Waals surface area contributed by atoms with Crippen molar-refractivity contribution < 1.29 is 15.0 Å². The smallest absolute Gasteiger partial charge is 0.314 e. The van der Waals surface area contributed by atoms with Crippen LogP contribution >= 0.6 is 0 Å². The quantitative estimate of drug-likeness (QED) is 0.637. The minimum Gasteiger partial charge on any atom is -0.481 e. The van der Waals surface area contributed by atoms with Crippen LogP contribution in [0.3, 0.4) is 0 Å². The maximum Gasteiger partial charge on any atom is 0.314 e. The molecule has 162 valence electrons. The first-order chi connectivity index (χ1) is 14.9. The molecule has 7 heteroatoms. The van der Waals surface area contributed by atoms with E-state index in [9.17, 15) is 15.0 Å². The summed E-state index contributed by atoms with van der Waals surface area (Å²) in [7, 11) is 0. The Kier molecular flexibility index (Phi) is 5.78. The van der Waals surface area contributed by atoms with E-state index in [4.69, 9.17) is 0 Å². The van der Waals surface area contributed by atoms with Crippen molar-refractivity contribution in [2.24, 2.45) is 5.41 Å². The average Bonchev–Trinajstić information content (AvgIpc) is 3.07. The van der Waals surface area contributed by atoms with E-state index < -0.39 is 17.5 Å². The van der Waals surface area contributed by atoms with Gasteiger partial charge in [0.2, 0.25) is 0 Å². The summed E-state index contributed by atoms with van der Waals surface area (Å²) in [6.07, 6.45) is 1.56. The van der Waals surface area contributed by atoms with Gasteiger partial charge in [0.15, 0.2) is 0 Å². The van der Waals surface area contributed by atoms with Gasteiger partial charge in [-0.3, -0.25) is 9.48 Å². The number of hydrogen-bond acceptors (Lipinski definition) is 5. The molecule has 1 aromatic carbocycles. The molecule has 3 heterocycles. The first kappa shape index (κ1) is 21.1. The number of carboxylic acid groups (broad SMARTS) is 1. The van der Waals surface area contributed by atoms with Gasteiger partial charge in [0.25, 0.3) is 0 Å². The van der Waals surface area contributed by atoms with Crippen LogP contribution in [0.25, 0.3) is 0 Å². The highest BCUT2D eigenvalue weighted by Gasteiger charge is 2.49. The Morgan fingerprint density at radius 2 is 1.94 bits per heavy atom. The number of nitrogens with zero attached hydrogens (tertiary/aromatic N) is 4. The molecule has 0 amide bonds. The van der Waals surface area contributed by atoms with Crippen molar-refractivity contribution in [3.63, 3.8) is 0 Å². The van der Waals surface area contributed by atoms with Gasteiger partial charge in [-0.25, -0.2) is 4.98 Å². The van der Waals surface area contributed by atoms with E-state index in [2.05, 4.69) is 10.1 Å². The molecule has 7 nitrogen and oxygen atoms in total. The molecule has 3 aromatic rings. The van der Waals surface area contributed by atoms with E-state index in [0.717, 1.165) is 28.3 Å². The molecule has 1 saturated heterocycles. The molecule has 1 aliphatic rings. The standard InChI is InChI=1S/C24H28N4O3/c1-17-12-18(2)28(26-17)15-20-8-9-22(25-14-20)27-11-10-21(29)24(16-27,23(30)31)13-19-6-4-3-5-7-19/h3-9,12,14,21,29H,10-11,13,15-16H2,1-2H3,(H,30,31)/t21-,24-/m0/s1. The van der Waals surface area contributed by atoms with Gasteiger partial charge in [-0.05, 0) is 49.9 Å². The molecule has 1 aliphatic heterocycles. The van der Waals surface area contributed by atoms with Crippen molar-refractivity contribution in [2.75, 3.05) is 18.0 Å². The van der Waals surface area contributed by atoms with E-state index in [-0.39, 0.29) is 13.0 Å². The van der Waals surface area contributed by atoms with Gasteiger partial charge < -0.3 is 15.1 Å². The van der Waals surface area contributed by atoms with Crippen molar-refractivity contribution in [2.45, 2.75) is 39.3 Å². The highest BCUT2D eigenvalue weighted by Crippen LogP contribution is 2.36. The van der Waals surface area contributed by atoms with Crippen molar-refractivity contribution in [3.8, 4) is 0 Å². The highest BCUT2D eigenvalue weighted by atomic mass is 16.4. The summed E-state index contributed by atoms with van der Waals surface area (Å²) in [5.74, 6) is -0.252. The third kappa shape index (κ3) is 4.32. The normalized spacial score (nSPS) is 21.3. The van der Waals surface area contributed by atoms with Gasteiger partial charge >= 0.3 is 5.97 Å². The van der Waals surface area contributed by atoms with Crippen LogP contribution < -0.4 is 4.90 Å². The Labute approximate surface area is 182 Å². The summed E-state index contributed by atoms with van der Waals surface area (Å²) >= 11 is 0. The molecule has 0 saturated carbocycles. The minimum absolute atomic E-state index is 0.211. The van der Waals surface area contributed by atoms with Gasteiger partial charge in [-0.1, -0.05) is 36.4 Å². The molecule has 2 N–H and O–H groups in total. The number of rotatable bonds is 6. The summed E-state index contributed by atoms with van der Waals surface area (Å²) in [6, 6.07) is 15.5. The monoisotopic (exact) mass is 420 g/mol. The van der Waals surface area contributed by atoms with Gasteiger partial charge in [-0.15, -0.1) is 0 Å². The summed E-state index contributed by atoms with van der Waals surface area (Å²) in [5, 5.41) is 25.3. The lowest BCUT2D eigenvalue weighted by Gasteiger charge is -2.44. The lowest BCUT2D eigenvalue weighted by molar-refractivity contribution is -0.157. The predicted molar refractivity (Wildman–Crippen MR) is 118 cm³/mol. The van der Waals surface area contributed by atoms with E-state index >= 15 is 0 Å². The van der Waals surface area contributed by atoms with E-state index in [1.807, 2.05) is 78.2 Å². The molecule has 2 aromatic heterocycles. The zero-order valence-electron chi connectivity index (χ0n) is 17.9. The van der Waals surface area contributed by atoms with Crippen LogP contribution in [0, 0.1) is 19.3 Å². The van der Waals surface area contributed by atoms with Gasteiger partial charge in [0.05, 0.1) is 18.3 Å². The van der Waals surface area contributed by atoms with Gasteiger partial charge in [-0.2, -0.15) is 5.10 Å². The molecule has 0 spiro atoms. The van der Waals surface area contributed by atoms with E-state index in [1.165, 1.54) is 0 Å². The van der Waals surface area contributed by atoms with Crippen LogP contribution in [0.2, 0.25) is 0 Å². The Hall–Kier alpha value is -3.19. The molecule has 0 aliphatic carbocycles. The highest BCUT2D eigenvalue weighted by molar-refractivity contribution is 5.77. The Bertz CT molecular complexity index is 1050. The second kappa shape index (κ2) is 8.51. The fourth-order valence-corrected chi connectivity index (χ4v) is 4.40. The number of benzene rings is 1. The van der Waals surface area contributed by atoms with Crippen LogP contribution in [0.15, 0.2) is 54.7 Å². The van der Waals surface area contributed by atoms with E-state index in [1.54, 1.807) is 0 Å². The van der Waals surface area contributed by atoms with E-state index in [0.29, 0.717) is 19.5 Å². The SMILES string of the molecule is Cc1cc(C)n(Cc2ccc(N3CC[C@H](O)[C@@](Cc4ccccc4)(C(=O)O)C3)nc2)n1. The number of aliphatic carboxylic acids is 1. The third-order valence-corrected chi connectivity index (χ3v) is 6.14. The summed E-state index contributed by atoms with van der Waals surface area (Å²) in [5.41, 5.74) is 2.74. The maximum absolute atomic E-state index is 12.3. The molecule has 31 heavy (non-hydrogen) atoms. The molecular formula is C24H28N4O3. The third-order valence-electron chi connectivity index (χ3n) is 6.14. The number of aromatic nitrogens is 3. The second-order valence-corrected chi connectivity index (χ2v) is 8.46. The number of pyridine rings is 1. The van der Waals surface area contributed by atoms with Gasteiger partial charge in [0, 0.05) is 25.0 Å².